The lowest BCUT2D eigenvalue weighted by atomic mass is 9.91. The summed E-state index contributed by atoms with van der Waals surface area (Å²) < 4.78 is 5.76. The van der Waals surface area contributed by atoms with Gasteiger partial charge in [0.15, 0.2) is 0 Å². The van der Waals surface area contributed by atoms with Gasteiger partial charge in [-0.25, -0.2) is 4.79 Å². The molecule has 3 fully saturated rings. The first kappa shape index (κ1) is 17.0. The molecule has 1 amide bonds. The SMILES string of the molecule is CN1CCC2(CC1)CN(CCCN1CC[C@H](N(C)C)C1)C(=O)O2. The highest BCUT2D eigenvalue weighted by atomic mass is 16.6. The number of ether oxygens (including phenoxy) is 1. The smallest absolute Gasteiger partial charge is 0.410 e. The molecule has 1 spiro atoms. The summed E-state index contributed by atoms with van der Waals surface area (Å²) in [5.41, 5.74) is -0.201. The Balaban J connectivity index is 1.40. The Labute approximate surface area is 140 Å². The molecule has 0 unspecified atom stereocenters. The second kappa shape index (κ2) is 6.95. The van der Waals surface area contributed by atoms with Crippen molar-refractivity contribution >= 4 is 6.09 Å². The first-order valence-corrected chi connectivity index (χ1v) is 9.03. The third kappa shape index (κ3) is 3.98. The molecule has 1 atom stereocenters. The monoisotopic (exact) mass is 324 g/mol. The van der Waals surface area contributed by atoms with E-state index in [1.807, 2.05) is 4.90 Å². The summed E-state index contributed by atoms with van der Waals surface area (Å²) in [6, 6.07) is 0.689. The van der Waals surface area contributed by atoms with Crippen LogP contribution in [-0.4, -0.2) is 104 Å². The molecule has 3 aliphatic rings. The Bertz CT molecular complexity index is 421. The van der Waals surface area contributed by atoms with Crippen LogP contribution in [0.1, 0.15) is 25.7 Å². The number of hydrogen-bond donors (Lipinski definition) is 0. The first-order valence-electron chi connectivity index (χ1n) is 9.03. The zero-order chi connectivity index (χ0) is 16.4. The highest BCUT2D eigenvalue weighted by Gasteiger charge is 2.46. The van der Waals surface area contributed by atoms with E-state index in [1.54, 1.807) is 0 Å². The average Bonchev–Trinajstić information content (AvgIpc) is 3.09. The number of likely N-dealkylation sites (tertiary alicyclic amines) is 2. The number of carbonyl (C=O) groups excluding carboxylic acids is 1. The van der Waals surface area contributed by atoms with Crippen LogP contribution in [-0.2, 0) is 4.74 Å². The van der Waals surface area contributed by atoms with Gasteiger partial charge in [-0.2, -0.15) is 0 Å². The Morgan fingerprint density at radius 3 is 2.61 bits per heavy atom. The normalized spacial score (nSPS) is 29.0. The molecular formula is C17H32N4O2. The van der Waals surface area contributed by atoms with E-state index in [2.05, 4.69) is 35.8 Å². The van der Waals surface area contributed by atoms with E-state index in [9.17, 15) is 4.79 Å². The predicted molar refractivity (Wildman–Crippen MR) is 90.7 cm³/mol. The lowest BCUT2D eigenvalue weighted by Crippen LogP contribution is -2.45. The van der Waals surface area contributed by atoms with Crippen molar-refractivity contribution in [1.29, 1.82) is 0 Å². The van der Waals surface area contributed by atoms with Crippen molar-refractivity contribution < 1.29 is 9.53 Å². The van der Waals surface area contributed by atoms with E-state index < -0.39 is 0 Å². The fraction of sp³-hybridized carbons (Fsp3) is 0.941. The van der Waals surface area contributed by atoms with Crippen LogP contribution in [0.3, 0.4) is 0 Å². The number of amides is 1. The van der Waals surface area contributed by atoms with Gasteiger partial charge in [0.25, 0.3) is 0 Å². The van der Waals surface area contributed by atoms with Crippen LogP contribution < -0.4 is 0 Å². The number of nitrogens with zero attached hydrogens (tertiary/aromatic N) is 4. The van der Waals surface area contributed by atoms with Crippen molar-refractivity contribution in [2.45, 2.75) is 37.3 Å². The molecule has 0 saturated carbocycles. The number of hydrogen-bond acceptors (Lipinski definition) is 5. The Hall–Kier alpha value is -0.850. The van der Waals surface area contributed by atoms with Gasteiger partial charge in [0.2, 0.25) is 0 Å². The van der Waals surface area contributed by atoms with Gasteiger partial charge in [0, 0.05) is 45.1 Å². The molecule has 0 aliphatic carbocycles. The lowest BCUT2D eigenvalue weighted by Gasteiger charge is -2.35. The lowest BCUT2D eigenvalue weighted by molar-refractivity contribution is 0.00658. The summed E-state index contributed by atoms with van der Waals surface area (Å²) in [7, 11) is 6.46. The van der Waals surface area contributed by atoms with E-state index in [0.29, 0.717) is 6.04 Å². The largest absolute Gasteiger partial charge is 0.441 e. The van der Waals surface area contributed by atoms with Crippen LogP contribution in [0.2, 0.25) is 0 Å². The molecule has 6 heteroatoms. The number of carbonyl (C=O) groups is 1. The van der Waals surface area contributed by atoms with Gasteiger partial charge in [-0.15, -0.1) is 0 Å². The van der Waals surface area contributed by atoms with Crippen molar-refractivity contribution in [2.24, 2.45) is 0 Å². The third-order valence-corrected chi connectivity index (χ3v) is 5.82. The van der Waals surface area contributed by atoms with Gasteiger partial charge in [0.05, 0.1) is 6.54 Å². The highest BCUT2D eigenvalue weighted by molar-refractivity contribution is 5.70. The van der Waals surface area contributed by atoms with Crippen LogP contribution in [0, 0.1) is 0 Å². The minimum Gasteiger partial charge on any atom is -0.441 e. The van der Waals surface area contributed by atoms with Crippen LogP contribution in [0.15, 0.2) is 0 Å². The van der Waals surface area contributed by atoms with Gasteiger partial charge >= 0.3 is 6.09 Å². The van der Waals surface area contributed by atoms with Gasteiger partial charge in [0.1, 0.15) is 5.60 Å². The molecule has 3 rings (SSSR count). The Kier molecular flexibility index (Phi) is 5.13. The zero-order valence-corrected chi connectivity index (χ0v) is 15.0. The Morgan fingerprint density at radius 2 is 1.96 bits per heavy atom. The average molecular weight is 324 g/mol. The van der Waals surface area contributed by atoms with E-state index in [1.165, 1.54) is 13.0 Å². The van der Waals surface area contributed by atoms with E-state index in [-0.39, 0.29) is 11.7 Å². The summed E-state index contributed by atoms with van der Waals surface area (Å²) >= 11 is 0. The molecule has 0 aromatic rings. The molecule has 0 radical (unpaired) electrons. The zero-order valence-electron chi connectivity index (χ0n) is 15.0. The molecule has 6 nitrogen and oxygen atoms in total. The number of piperidine rings is 1. The molecule has 0 aromatic heterocycles. The molecule has 3 aliphatic heterocycles. The van der Waals surface area contributed by atoms with E-state index >= 15 is 0 Å². The molecule has 0 N–H and O–H groups in total. The molecule has 23 heavy (non-hydrogen) atoms. The Morgan fingerprint density at radius 1 is 1.22 bits per heavy atom. The fourth-order valence-corrected chi connectivity index (χ4v) is 4.07. The van der Waals surface area contributed by atoms with E-state index in [4.69, 9.17) is 4.74 Å². The summed E-state index contributed by atoms with van der Waals surface area (Å²) in [6.45, 7) is 7.11. The maximum atomic E-state index is 12.2. The molecule has 0 bridgehead atoms. The van der Waals surface area contributed by atoms with Crippen molar-refractivity contribution in [3.05, 3.63) is 0 Å². The first-order chi connectivity index (χ1) is 11.0. The summed E-state index contributed by atoms with van der Waals surface area (Å²) in [5, 5.41) is 0. The van der Waals surface area contributed by atoms with Gasteiger partial charge in [-0.3, -0.25) is 0 Å². The minimum absolute atomic E-state index is 0.0952. The highest BCUT2D eigenvalue weighted by Crippen LogP contribution is 2.32. The summed E-state index contributed by atoms with van der Waals surface area (Å²) in [6.07, 6.45) is 4.16. The molecule has 3 saturated heterocycles. The van der Waals surface area contributed by atoms with Crippen molar-refractivity contribution in [3.8, 4) is 0 Å². The number of likely N-dealkylation sites (N-methyl/N-ethyl adjacent to an activating group) is 1. The van der Waals surface area contributed by atoms with Gasteiger partial charge in [-0.1, -0.05) is 0 Å². The van der Waals surface area contributed by atoms with Crippen molar-refractivity contribution in [3.63, 3.8) is 0 Å². The quantitative estimate of drug-likeness (QED) is 0.752. The standard InChI is InChI=1S/C17H32N4O2/c1-18(2)15-5-10-20(13-15)8-4-9-21-14-17(23-16(21)22)6-11-19(3)12-7-17/h15H,4-14H2,1-3H3/t15-/m0/s1. The maximum absolute atomic E-state index is 12.2. The van der Waals surface area contributed by atoms with Crippen molar-refractivity contribution in [2.75, 3.05) is 67.0 Å². The van der Waals surface area contributed by atoms with Gasteiger partial charge < -0.3 is 24.3 Å². The summed E-state index contributed by atoms with van der Waals surface area (Å²) in [4.78, 5) is 21.3. The van der Waals surface area contributed by atoms with Crippen LogP contribution in [0.25, 0.3) is 0 Å². The number of rotatable bonds is 5. The van der Waals surface area contributed by atoms with Crippen LogP contribution in [0.5, 0.6) is 0 Å². The third-order valence-electron chi connectivity index (χ3n) is 5.82. The van der Waals surface area contributed by atoms with Crippen LogP contribution >= 0.6 is 0 Å². The minimum atomic E-state index is -0.201. The molecule has 0 aromatic carbocycles. The second-order valence-corrected chi connectivity index (χ2v) is 7.84. The maximum Gasteiger partial charge on any atom is 0.410 e. The predicted octanol–water partition coefficient (Wildman–Crippen LogP) is 0.929. The van der Waals surface area contributed by atoms with Crippen molar-refractivity contribution in [1.82, 2.24) is 19.6 Å². The second-order valence-electron chi connectivity index (χ2n) is 7.84. The van der Waals surface area contributed by atoms with Gasteiger partial charge in [-0.05, 0) is 47.1 Å². The van der Waals surface area contributed by atoms with Crippen LogP contribution in [0.4, 0.5) is 4.79 Å². The topological polar surface area (TPSA) is 39.3 Å². The fourth-order valence-electron chi connectivity index (χ4n) is 4.07. The molecular weight excluding hydrogens is 292 g/mol. The molecule has 3 heterocycles. The molecule has 132 valence electrons. The van der Waals surface area contributed by atoms with E-state index in [0.717, 1.165) is 58.5 Å². The summed E-state index contributed by atoms with van der Waals surface area (Å²) in [5.74, 6) is 0.